The van der Waals surface area contributed by atoms with Crippen LogP contribution in [0.5, 0.6) is 0 Å². The maximum Gasteiger partial charge on any atom is 0.311 e. The lowest BCUT2D eigenvalue weighted by Gasteiger charge is -2.49. The number of likely N-dealkylation sites (N-methyl/N-ethyl adjacent to an activating group) is 1. The molecule has 3 heterocycles. The number of hydrogen-bond donors (Lipinski definition) is 5. The van der Waals surface area contributed by atoms with Gasteiger partial charge in [0, 0.05) is 44.4 Å². The molecule has 3 saturated heterocycles. The zero-order valence-corrected chi connectivity index (χ0v) is 37.3. The van der Waals surface area contributed by atoms with Crippen LogP contribution < -0.4 is 0 Å². The van der Waals surface area contributed by atoms with E-state index in [-0.39, 0.29) is 44.8 Å². The van der Waals surface area contributed by atoms with Crippen LogP contribution in [0.25, 0.3) is 0 Å². The van der Waals surface area contributed by atoms with Crippen LogP contribution in [0.4, 0.5) is 0 Å². The summed E-state index contributed by atoms with van der Waals surface area (Å²) >= 11 is 0. The fraction of sp³-hybridized carbons (Fsp3) is 0.951. The monoisotopic (exact) mass is 837 g/mol. The molecule has 3 aliphatic rings. The normalized spacial score (nSPS) is 45.8. The molecule has 0 bridgehead atoms. The number of cyclic esters (lactones) is 1. The van der Waals surface area contributed by atoms with Gasteiger partial charge in [-0.2, -0.15) is 0 Å². The molecule has 340 valence electrons. The van der Waals surface area contributed by atoms with Crippen LogP contribution in [0.2, 0.25) is 0 Å². The lowest BCUT2D eigenvalue weighted by molar-refractivity contribution is -0.317. The minimum absolute atomic E-state index is 0.0307. The number of rotatable bonds is 13. The molecule has 17 heteroatoms. The molecule has 0 spiro atoms. The summed E-state index contributed by atoms with van der Waals surface area (Å²) in [6.45, 7) is 17.3. The number of carbonyl (C=O) groups is 1. The van der Waals surface area contributed by atoms with Crippen LogP contribution in [0.1, 0.15) is 94.9 Å². The molecule has 58 heavy (non-hydrogen) atoms. The van der Waals surface area contributed by atoms with Crippen LogP contribution in [0.15, 0.2) is 5.16 Å². The second kappa shape index (κ2) is 21.5. The highest BCUT2D eigenvalue weighted by Crippen LogP contribution is 2.41. The smallest absolute Gasteiger partial charge is 0.311 e. The van der Waals surface area contributed by atoms with Crippen LogP contribution in [0, 0.1) is 23.7 Å². The van der Waals surface area contributed by atoms with Crippen LogP contribution in [0.3, 0.4) is 0 Å². The van der Waals surface area contributed by atoms with Gasteiger partial charge in [-0.15, -0.1) is 0 Å². The third-order valence-corrected chi connectivity index (χ3v) is 12.6. The fourth-order valence-corrected chi connectivity index (χ4v) is 8.93. The Kier molecular flexibility index (Phi) is 18.8. The topological polar surface area (TPSA) is 217 Å². The van der Waals surface area contributed by atoms with Crippen molar-refractivity contribution in [3.05, 3.63) is 0 Å². The van der Waals surface area contributed by atoms with Gasteiger partial charge in [-0.25, -0.2) is 0 Å². The maximum absolute atomic E-state index is 14.3. The van der Waals surface area contributed by atoms with Gasteiger partial charge in [0.2, 0.25) is 6.79 Å². The predicted molar refractivity (Wildman–Crippen MR) is 212 cm³/mol. The molecule has 0 unspecified atom stereocenters. The molecule has 3 aliphatic heterocycles. The van der Waals surface area contributed by atoms with Crippen molar-refractivity contribution in [3.63, 3.8) is 0 Å². The number of nitrogens with zero attached hydrogens (tertiary/aromatic N) is 2. The summed E-state index contributed by atoms with van der Waals surface area (Å²) in [4.78, 5) is 21.8. The van der Waals surface area contributed by atoms with E-state index >= 15 is 0 Å². The highest BCUT2D eigenvalue weighted by Gasteiger charge is 2.53. The Morgan fingerprint density at radius 1 is 0.897 bits per heavy atom. The molecule has 0 saturated carbocycles. The maximum atomic E-state index is 14.3. The number of esters is 1. The van der Waals surface area contributed by atoms with Gasteiger partial charge >= 0.3 is 5.97 Å². The Labute approximate surface area is 345 Å². The first-order chi connectivity index (χ1) is 27.0. The Balaban J connectivity index is 2.22. The van der Waals surface area contributed by atoms with E-state index in [1.165, 1.54) is 14.0 Å². The van der Waals surface area contributed by atoms with Crippen molar-refractivity contribution in [2.24, 2.45) is 28.8 Å². The number of methoxy groups -OCH3 is 2. The van der Waals surface area contributed by atoms with E-state index in [9.17, 15) is 30.3 Å². The van der Waals surface area contributed by atoms with Gasteiger partial charge in [-0.1, -0.05) is 32.9 Å². The van der Waals surface area contributed by atoms with Gasteiger partial charge < -0.3 is 73.2 Å². The molecule has 0 radical (unpaired) electrons. The molecule has 0 aromatic rings. The Morgan fingerprint density at radius 3 is 2.14 bits per heavy atom. The number of hydrogen-bond acceptors (Lipinski definition) is 17. The van der Waals surface area contributed by atoms with Gasteiger partial charge in [0.25, 0.3) is 0 Å². The SMILES string of the molecule is CC[C@H]1OC(=O)[C@H](C)[C@@H](O[C@@H]2C[C@](C)(OC)[C@H](O)[C@H](C)O2)[C@H](C)[C@@H](O[C@@H]2O[C@H](C)C[C@@H](N(C)C)[C@H]2O)[C@](C)(O)C[C@@H](C)/C(=N/OCOCCOC)[C@H](C)[C@@H](O)[C@]1(C)O. The lowest BCUT2D eigenvalue weighted by Crippen LogP contribution is -2.61. The van der Waals surface area contributed by atoms with Crippen LogP contribution >= 0.6 is 0 Å². The zero-order chi connectivity index (χ0) is 43.9. The quantitative estimate of drug-likeness (QED) is 0.0778. The minimum Gasteiger partial charge on any atom is -0.459 e. The van der Waals surface area contributed by atoms with E-state index in [1.807, 2.05) is 32.8 Å². The summed E-state index contributed by atoms with van der Waals surface area (Å²) in [7, 11) is 6.76. The second-order valence-corrected chi connectivity index (χ2v) is 17.7. The van der Waals surface area contributed by atoms with Gasteiger partial charge in [-0.3, -0.25) is 4.79 Å². The largest absolute Gasteiger partial charge is 0.459 e. The number of carbonyl (C=O) groups excluding carboxylic acids is 1. The van der Waals surface area contributed by atoms with Crippen molar-refractivity contribution in [2.45, 2.75) is 179 Å². The summed E-state index contributed by atoms with van der Waals surface area (Å²) in [6, 6.07) is -0.328. The first-order valence-electron chi connectivity index (χ1n) is 20.8. The standard InChI is InChI=1S/C41H76N2O15/c1-15-29-41(10,49)34(45)24(4)31(42-53-21-52-17-16-50-13)22(2)19-39(8,48)36(58-38-32(44)28(43(11)12)18-23(3)54-38)25(5)33(26(6)37(47)56-29)57-30-20-40(9,51-14)35(46)27(7)55-30/h22-30,32-36,38,44-46,48-49H,15-21H2,1-14H3/b42-31-/t22-,23-,24+,25+,26-,27+,28-,29-,30-,32-,33+,34-,35-,36-,38+,39-,40+,41-/m1/s1. The Hall–Kier alpha value is -1.58. The highest BCUT2D eigenvalue weighted by atomic mass is 16.7. The number of aliphatic hydroxyl groups is 5. The summed E-state index contributed by atoms with van der Waals surface area (Å²) in [5, 5.41) is 63.6. The highest BCUT2D eigenvalue weighted by molar-refractivity contribution is 5.88. The van der Waals surface area contributed by atoms with Gasteiger partial charge in [0.05, 0.1) is 66.6 Å². The Bertz CT molecular complexity index is 1300. The summed E-state index contributed by atoms with van der Waals surface area (Å²) in [6.07, 6.45) is -9.49. The number of aliphatic hydroxyl groups excluding tert-OH is 3. The summed E-state index contributed by atoms with van der Waals surface area (Å²) in [5.41, 5.74) is -4.49. The zero-order valence-electron chi connectivity index (χ0n) is 37.3. The molecule has 3 fully saturated rings. The summed E-state index contributed by atoms with van der Waals surface area (Å²) in [5.74, 6) is -4.14. The fourth-order valence-electron chi connectivity index (χ4n) is 8.93. The minimum atomic E-state index is -1.97. The van der Waals surface area contributed by atoms with Crippen molar-refractivity contribution in [3.8, 4) is 0 Å². The molecule has 17 nitrogen and oxygen atoms in total. The van der Waals surface area contributed by atoms with E-state index in [0.29, 0.717) is 18.7 Å². The van der Waals surface area contributed by atoms with Gasteiger partial charge in [-0.05, 0) is 74.9 Å². The molecule has 0 amide bonds. The van der Waals surface area contributed by atoms with Gasteiger partial charge in [0.15, 0.2) is 12.6 Å². The Morgan fingerprint density at radius 2 is 1.55 bits per heavy atom. The average Bonchev–Trinajstić information content (AvgIpc) is 3.15. The molecular formula is C41H76N2O15. The van der Waals surface area contributed by atoms with E-state index in [1.54, 1.807) is 55.6 Å². The molecule has 0 aromatic heterocycles. The summed E-state index contributed by atoms with van der Waals surface area (Å²) < 4.78 is 48.1. The van der Waals surface area contributed by atoms with Crippen molar-refractivity contribution in [1.29, 1.82) is 0 Å². The van der Waals surface area contributed by atoms with Crippen molar-refractivity contribution in [1.82, 2.24) is 4.90 Å². The molecule has 3 rings (SSSR count). The average molecular weight is 837 g/mol. The van der Waals surface area contributed by atoms with Crippen molar-refractivity contribution >= 4 is 11.7 Å². The predicted octanol–water partition coefficient (Wildman–Crippen LogP) is 2.21. The van der Waals surface area contributed by atoms with Crippen LogP contribution in [-0.2, 0) is 47.5 Å². The first kappa shape index (κ1) is 50.8. The first-order valence-corrected chi connectivity index (χ1v) is 20.8. The van der Waals surface area contributed by atoms with E-state index < -0.39 is 102 Å². The van der Waals surface area contributed by atoms with E-state index in [4.69, 9.17) is 42.7 Å². The van der Waals surface area contributed by atoms with Crippen LogP contribution in [-0.4, -0.2) is 175 Å². The third kappa shape index (κ3) is 12.1. The number of ether oxygens (including phenoxy) is 8. The molecule has 0 aromatic carbocycles. The molecule has 18 atom stereocenters. The van der Waals surface area contributed by atoms with E-state index in [2.05, 4.69) is 5.16 Å². The number of oxime groups is 1. The third-order valence-electron chi connectivity index (χ3n) is 12.6. The lowest BCUT2D eigenvalue weighted by atomic mass is 9.73. The van der Waals surface area contributed by atoms with Crippen molar-refractivity contribution in [2.75, 3.05) is 48.3 Å². The molecule has 5 N–H and O–H groups in total. The van der Waals surface area contributed by atoms with Gasteiger partial charge in [0.1, 0.15) is 23.9 Å². The second-order valence-electron chi connectivity index (χ2n) is 17.7. The van der Waals surface area contributed by atoms with Crippen molar-refractivity contribution < 1.29 is 73.1 Å². The molecular weight excluding hydrogens is 760 g/mol. The van der Waals surface area contributed by atoms with E-state index in [0.717, 1.165) is 0 Å². The molecule has 0 aliphatic carbocycles.